The molecule has 3 heterocycles. The molecule has 0 spiro atoms. The highest BCUT2D eigenvalue weighted by Gasteiger charge is 2.24. The number of benzene rings is 2. The van der Waals surface area contributed by atoms with Gasteiger partial charge in [0.25, 0.3) is 5.91 Å². The molecule has 0 unspecified atom stereocenters. The summed E-state index contributed by atoms with van der Waals surface area (Å²) in [6.45, 7) is 1.75. The van der Waals surface area contributed by atoms with Crippen LogP contribution in [0.15, 0.2) is 59.1 Å². The standard InChI is InChI=1S/C27H24N4O5S/c1-14-10-21(31-36-14)30-26(32)25-23(28)22-17(16-11-19(33-2)24(35-4)20(12-16)34-3)13-18(29-27(22)37-25)15-8-6-5-7-9-15/h5-13H,28H2,1-4H3,(H,30,31,32). The number of pyridine rings is 1. The third-order valence-electron chi connectivity index (χ3n) is 5.82. The Kier molecular flexibility index (Phi) is 6.41. The molecule has 0 radical (unpaired) electrons. The fraction of sp³-hybridized carbons (Fsp3) is 0.148. The molecule has 0 atom stereocenters. The Morgan fingerprint density at radius 3 is 2.27 bits per heavy atom. The molecule has 3 N–H and O–H groups in total. The first-order valence-electron chi connectivity index (χ1n) is 11.3. The number of rotatable bonds is 7. The van der Waals surface area contributed by atoms with E-state index in [2.05, 4.69) is 10.5 Å². The van der Waals surface area contributed by atoms with E-state index in [4.69, 9.17) is 29.5 Å². The van der Waals surface area contributed by atoms with E-state index in [0.717, 1.165) is 22.4 Å². The van der Waals surface area contributed by atoms with Crippen LogP contribution in [0.4, 0.5) is 11.5 Å². The Morgan fingerprint density at radius 2 is 1.68 bits per heavy atom. The summed E-state index contributed by atoms with van der Waals surface area (Å²) in [6.07, 6.45) is 0. The predicted molar refractivity (Wildman–Crippen MR) is 144 cm³/mol. The summed E-state index contributed by atoms with van der Waals surface area (Å²) in [7, 11) is 4.67. The first kappa shape index (κ1) is 24.1. The molecular formula is C27H24N4O5S. The summed E-state index contributed by atoms with van der Waals surface area (Å²) in [4.78, 5) is 19.0. The molecule has 0 saturated heterocycles. The maximum absolute atomic E-state index is 13.2. The van der Waals surface area contributed by atoms with Crippen LogP contribution in [0.5, 0.6) is 17.2 Å². The van der Waals surface area contributed by atoms with Crippen molar-refractivity contribution in [3.05, 3.63) is 65.2 Å². The Hall–Kier alpha value is -4.57. The molecule has 0 aliphatic carbocycles. The number of carbonyl (C=O) groups is 1. The average Bonchev–Trinajstić information content (AvgIpc) is 3.49. The van der Waals surface area contributed by atoms with Gasteiger partial charge in [0.15, 0.2) is 17.3 Å². The molecule has 188 valence electrons. The maximum Gasteiger partial charge on any atom is 0.269 e. The zero-order chi connectivity index (χ0) is 26.1. The zero-order valence-corrected chi connectivity index (χ0v) is 21.4. The molecule has 0 fully saturated rings. The molecule has 1 amide bonds. The van der Waals surface area contributed by atoms with Gasteiger partial charge in [-0.05, 0) is 36.2 Å². The first-order chi connectivity index (χ1) is 17.9. The van der Waals surface area contributed by atoms with Crippen LogP contribution in [0.3, 0.4) is 0 Å². The number of nitrogens with two attached hydrogens (primary N) is 1. The van der Waals surface area contributed by atoms with Gasteiger partial charge in [-0.2, -0.15) is 0 Å². The van der Waals surface area contributed by atoms with Crippen LogP contribution in [0, 0.1) is 6.92 Å². The lowest BCUT2D eigenvalue weighted by Crippen LogP contribution is -2.12. The predicted octanol–water partition coefficient (Wildman–Crippen LogP) is 5.79. The minimum absolute atomic E-state index is 0.308. The second-order valence-corrected chi connectivity index (χ2v) is 9.14. The van der Waals surface area contributed by atoms with Gasteiger partial charge in [0.1, 0.15) is 15.5 Å². The topological polar surface area (TPSA) is 122 Å². The smallest absolute Gasteiger partial charge is 0.269 e. The molecule has 2 aromatic carbocycles. The number of fused-ring (bicyclic) bond motifs is 1. The highest BCUT2D eigenvalue weighted by molar-refractivity contribution is 7.21. The van der Waals surface area contributed by atoms with Gasteiger partial charge in [0.05, 0.1) is 32.7 Å². The van der Waals surface area contributed by atoms with Crippen LogP contribution in [0.1, 0.15) is 15.4 Å². The number of aryl methyl sites for hydroxylation is 1. The van der Waals surface area contributed by atoms with Crippen molar-refractivity contribution in [1.29, 1.82) is 0 Å². The van der Waals surface area contributed by atoms with Crippen molar-refractivity contribution in [3.63, 3.8) is 0 Å². The van der Waals surface area contributed by atoms with Gasteiger partial charge in [-0.15, -0.1) is 11.3 Å². The Morgan fingerprint density at radius 1 is 0.973 bits per heavy atom. The van der Waals surface area contributed by atoms with Crippen molar-refractivity contribution in [2.45, 2.75) is 6.92 Å². The lowest BCUT2D eigenvalue weighted by molar-refractivity contribution is 0.103. The van der Waals surface area contributed by atoms with E-state index in [1.54, 1.807) is 34.3 Å². The van der Waals surface area contributed by atoms with Crippen molar-refractivity contribution in [2.24, 2.45) is 0 Å². The molecule has 9 nitrogen and oxygen atoms in total. The number of hydrogen-bond donors (Lipinski definition) is 2. The number of anilines is 2. The second kappa shape index (κ2) is 9.82. The monoisotopic (exact) mass is 516 g/mol. The fourth-order valence-corrected chi connectivity index (χ4v) is 5.12. The van der Waals surface area contributed by atoms with E-state index in [9.17, 15) is 4.79 Å². The lowest BCUT2D eigenvalue weighted by atomic mass is 9.98. The molecule has 37 heavy (non-hydrogen) atoms. The molecule has 0 aliphatic heterocycles. The zero-order valence-electron chi connectivity index (χ0n) is 20.6. The fourth-order valence-electron chi connectivity index (χ4n) is 4.11. The number of ether oxygens (including phenoxy) is 3. The van der Waals surface area contributed by atoms with Crippen LogP contribution in [-0.4, -0.2) is 37.4 Å². The van der Waals surface area contributed by atoms with Crippen molar-refractivity contribution in [1.82, 2.24) is 10.1 Å². The Labute approximate surface area is 216 Å². The van der Waals surface area contributed by atoms with E-state index in [-0.39, 0.29) is 0 Å². The van der Waals surface area contributed by atoms with Crippen LogP contribution >= 0.6 is 11.3 Å². The molecule has 5 aromatic rings. The van der Waals surface area contributed by atoms with Crippen LogP contribution in [-0.2, 0) is 0 Å². The van der Waals surface area contributed by atoms with Gasteiger partial charge in [0.2, 0.25) is 5.75 Å². The van der Waals surface area contributed by atoms with Gasteiger partial charge < -0.3 is 29.8 Å². The number of nitrogens with one attached hydrogen (secondary N) is 1. The number of nitrogen functional groups attached to an aromatic ring is 1. The lowest BCUT2D eigenvalue weighted by Gasteiger charge is -2.15. The summed E-state index contributed by atoms with van der Waals surface area (Å²) in [5.74, 6) is 1.96. The van der Waals surface area contributed by atoms with E-state index in [0.29, 0.717) is 49.6 Å². The number of aromatic nitrogens is 2. The van der Waals surface area contributed by atoms with Gasteiger partial charge in [-0.25, -0.2) is 4.98 Å². The maximum atomic E-state index is 13.2. The highest BCUT2D eigenvalue weighted by Crippen LogP contribution is 2.46. The van der Waals surface area contributed by atoms with Gasteiger partial charge in [0, 0.05) is 17.0 Å². The van der Waals surface area contributed by atoms with Gasteiger partial charge in [-0.1, -0.05) is 35.5 Å². The Bertz CT molecular complexity index is 1590. The summed E-state index contributed by atoms with van der Waals surface area (Å²) >= 11 is 1.21. The summed E-state index contributed by atoms with van der Waals surface area (Å²) in [6, 6.07) is 17.1. The molecule has 0 aliphatic rings. The number of carbonyl (C=O) groups excluding carboxylic acids is 1. The summed E-state index contributed by atoms with van der Waals surface area (Å²) in [5.41, 5.74) is 10.1. The summed E-state index contributed by atoms with van der Waals surface area (Å²) in [5, 5.41) is 7.23. The number of methoxy groups -OCH3 is 3. The minimum atomic E-state index is -0.397. The van der Waals surface area contributed by atoms with Crippen molar-refractivity contribution < 1.29 is 23.5 Å². The van der Waals surface area contributed by atoms with Crippen LogP contribution in [0.2, 0.25) is 0 Å². The van der Waals surface area contributed by atoms with E-state index in [1.807, 2.05) is 48.5 Å². The number of hydrogen-bond acceptors (Lipinski definition) is 9. The highest BCUT2D eigenvalue weighted by atomic mass is 32.1. The molecular weight excluding hydrogens is 492 g/mol. The molecule has 0 bridgehead atoms. The average molecular weight is 517 g/mol. The molecule has 3 aromatic heterocycles. The van der Waals surface area contributed by atoms with Crippen LogP contribution < -0.4 is 25.3 Å². The SMILES string of the molecule is COc1cc(-c2cc(-c3ccccc3)nc3sc(C(=O)Nc4cc(C)on4)c(N)c23)cc(OC)c1OC. The van der Waals surface area contributed by atoms with E-state index >= 15 is 0 Å². The van der Waals surface area contributed by atoms with Crippen molar-refractivity contribution >= 4 is 39.0 Å². The largest absolute Gasteiger partial charge is 0.493 e. The molecule has 0 saturated carbocycles. The Balaban J connectivity index is 1.74. The third-order valence-corrected chi connectivity index (χ3v) is 6.92. The van der Waals surface area contributed by atoms with Crippen LogP contribution in [0.25, 0.3) is 32.6 Å². The molecule has 5 rings (SSSR count). The van der Waals surface area contributed by atoms with Gasteiger partial charge >= 0.3 is 0 Å². The number of amides is 1. The van der Waals surface area contributed by atoms with Crippen molar-refractivity contribution in [2.75, 3.05) is 32.4 Å². The normalized spacial score (nSPS) is 10.9. The first-order valence-corrected chi connectivity index (χ1v) is 12.1. The number of thiophene rings is 1. The number of nitrogens with zero attached hydrogens (tertiary/aromatic N) is 2. The second-order valence-electron chi connectivity index (χ2n) is 8.14. The molecule has 10 heteroatoms. The van der Waals surface area contributed by atoms with Gasteiger partial charge in [-0.3, -0.25) is 4.79 Å². The van der Waals surface area contributed by atoms with Crippen molar-refractivity contribution in [3.8, 4) is 39.6 Å². The van der Waals surface area contributed by atoms with E-state index in [1.165, 1.54) is 11.3 Å². The minimum Gasteiger partial charge on any atom is -0.493 e. The third kappa shape index (κ3) is 4.43. The van der Waals surface area contributed by atoms with E-state index < -0.39 is 5.91 Å². The summed E-state index contributed by atoms with van der Waals surface area (Å²) < 4.78 is 21.7. The quantitative estimate of drug-likeness (QED) is 0.279.